The number of thioether (sulfide) groups is 1. The number of halogens is 6. The number of hydrogen-bond donors (Lipinski definition) is 0. The molecule has 5 rings (SSSR count). The number of hydrogen-bond acceptors (Lipinski definition) is 6. The second-order valence-corrected chi connectivity index (χ2v) is 11.4. The van der Waals surface area contributed by atoms with Crippen LogP contribution in [0.1, 0.15) is 19.4 Å². The Kier molecular flexibility index (Phi) is 7.81. The van der Waals surface area contributed by atoms with Crippen LogP contribution in [0.3, 0.4) is 0 Å². The summed E-state index contributed by atoms with van der Waals surface area (Å²) in [5, 5.41) is -0.0125. The molecule has 3 heterocycles. The maximum atomic E-state index is 15.1. The first-order valence-corrected chi connectivity index (χ1v) is 13.9. The molecule has 224 valence electrons. The van der Waals surface area contributed by atoms with Gasteiger partial charge >= 0.3 is 11.9 Å². The number of rotatable bonds is 4. The number of piperazine rings is 1. The Bertz CT molecular complexity index is 1650. The lowest BCUT2D eigenvalue weighted by atomic mass is 9.95. The van der Waals surface area contributed by atoms with E-state index >= 15 is 4.39 Å². The maximum absolute atomic E-state index is 15.1. The van der Waals surface area contributed by atoms with Crippen molar-refractivity contribution in [1.82, 2.24) is 14.5 Å². The monoisotopic (exact) mass is 612 g/mol. The van der Waals surface area contributed by atoms with E-state index in [9.17, 15) is 31.5 Å². The molecule has 0 N–H and O–H groups in total. The summed E-state index contributed by atoms with van der Waals surface area (Å²) in [7, 11) is 1.41. The molecular formula is C28H26F6N4O3S. The van der Waals surface area contributed by atoms with Crippen LogP contribution in [0.2, 0.25) is 0 Å². The largest absolute Gasteiger partial charge is 0.417 e. The number of benzene rings is 2. The van der Waals surface area contributed by atoms with Gasteiger partial charge in [-0.1, -0.05) is 6.58 Å². The smallest absolute Gasteiger partial charge is 0.379 e. The number of methoxy groups -OCH3 is 1. The molecule has 7 nitrogen and oxygen atoms in total. The highest BCUT2D eigenvalue weighted by atomic mass is 32.2. The molecule has 1 fully saturated rings. The molecule has 0 saturated carbocycles. The van der Waals surface area contributed by atoms with Crippen LogP contribution in [0.25, 0.3) is 22.0 Å². The molecule has 2 aromatic carbocycles. The fourth-order valence-corrected chi connectivity index (χ4v) is 7.05. The molecule has 14 heteroatoms. The van der Waals surface area contributed by atoms with Gasteiger partial charge in [-0.25, -0.2) is 18.0 Å². The number of alkyl halides is 3. The van der Waals surface area contributed by atoms with Crippen molar-refractivity contribution in [2.24, 2.45) is 0 Å². The highest BCUT2D eigenvalue weighted by Crippen LogP contribution is 2.49. The van der Waals surface area contributed by atoms with Crippen LogP contribution < -0.4 is 10.6 Å². The topological polar surface area (TPSA) is 67.7 Å². The standard InChI is InChI=1S/C28H26F6N4O3S/c1-13-9-36(10-14(2)38(13)26(39)15(3)29)25-19-8-20(28(32,33)34)22(18-6-5-16(30)7-21(18)31)24-23(19)37(27(40)35-25)11-17(41-4)12-42-24/h5-8,13-14,17H,3,9-12H2,1-2,4H3/t13-,14+,17-/m0/s1. The van der Waals surface area contributed by atoms with Gasteiger partial charge in [0.1, 0.15) is 17.5 Å². The number of anilines is 1. The molecular weight excluding hydrogens is 586 g/mol. The summed E-state index contributed by atoms with van der Waals surface area (Å²) in [5.41, 5.74) is -2.82. The SMILES string of the molecule is C=C(F)C(=O)N1[C@H](C)CN(c2nc(=O)n3c4c(c(-c5ccc(F)cc5F)c(C(F)(F)F)cc24)SC[C@@H](OC)C3)C[C@@H]1C. The van der Waals surface area contributed by atoms with Gasteiger partial charge in [-0.15, -0.1) is 11.8 Å². The molecule has 0 unspecified atom stereocenters. The Morgan fingerprint density at radius 1 is 1.12 bits per heavy atom. The van der Waals surface area contributed by atoms with Crippen LogP contribution in [0.4, 0.5) is 32.2 Å². The van der Waals surface area contributed by atoms with E-state index in [0.717, 1.165) is 30.0 Å². The van der Waals surface area contributed by atoms with Gasteiger partial charge in [0.25, 0.3) is 5.91 Å². The molecule has 0 bridgehead atoms. The van der Waals surface area contributed by atoms with Crippen LogP contribution in [0, 0.1) is 11.6 Å². The second-order valence-electron chi connectivity index (χ2n) is 10.4. The minimum atomic E-state index is -4.97. The van der Waals surface area contributed by atoms with Crippen LogP contribution in [0.15, 0.2) is 46.4 Å². The van der Waals surface area contributed by atoms with Gasteiger partial charge in [-0.05, 0) is 32.0 Å². The van der Waals surface area contributed by atoms with Gasteiger partial charge in [-0.2, -0.15) is 18.2 Å². The van der Waals surface area contributed by atoms with Crippen molar-refractivity contribution in [3.05, 3.63) is 64.4 Å². The van der Waals surface area contributed by atoms with E-state index in [1.807, 2.05) is 0 Å². The maximum Gasteiger partial charge on any atom is 0.417 e. The third-order valence-corrected chi connectivity index (χ3v) is 8.75. The molecule has 0 aliphatic carbocycles. The molecule has 1 amide bonds. The number of aromatic nitrogens is 2. The third-order valence-electron chi connectivity index (χ3n) is 7.52. The lowest BCUT2D eigenvalue weighted by Gasteiger charge is -2.44. The predicted molar refractivity (Wildman–Crippen MR) is 146 cm³/mol. The van der Waals surface area contributed by atoms with E-state index in [-0.39, 0.29) is 47.0 Å². The van der Waals surface area contributed by atoms with Crippen LogP contribution >= 0.6 is 11.8 Å². The number of carbonyl (C=O) groups excluding carboxylic acids is 1. The Morgan fingerprint density at radius 2 is 1.79 bits per heavy atom. The first-order chi connectivity index (χ1) is 19.7. The summed E-state index contributed by atoms with van der Waals surface area (Å²) in [5.74, 6) is -4.10. The second kappa shape index (κ2) is 11.0. The predicted octanol–water partition coefficient (Wildman–Crippen LogP) is 5.39. The molecule has 2 aliphatic rings. The van der Waals surface area contributed by atoms with Crippen molar-refractivity contribution >= 4 is 34.4 Å². The first-order valence-electron chi connectivity index (χ1n) is 12.9. The Hall–Kier alpha value is -3.52. The van der Waals surface area contributed by atoms with E-state index < -0.39 is 70.1 Å². The molecule has 0 radical (unpaired) electrons. The van der Waals surface area contributed by atoms with Gasteiger partial charge in [0.05, 0.1) is 23.7 Å². The van der Waals surface area contributed by atoms with Gasteiger partial charge in [0.15, 0.2) is 5.83 Å². The third kappa shape index (κ3) is 5.14. The number of ether oxygens (including phenoxy) is 1. The quantitative estimate of drug-likeness (QED) is 0.291. The number of nitrogens with zero attached hydrogens (tertiary/aromatic N) is 4. The molecule has 42 heavy (non-hydrogen) atoms. The molecule has 3 aromatic rings. The van der Waals surface area contributed by atoms with E-state index in [1.54, 1.807) is 18.7 Å². The Balaban J connectivity index is 1.81. The minimum absolute atomic E-state index is 0.0125. The summed E-state index contributed by atoms with van der Waals surface area (Å²) < 4.78 is 93.4. The summed E-state index contributed by atoms with van der Waals surface area (Å²) in [6, 6.07) is 1.94. The van der Waals surface area contributed by atoms with Gasteiger partial charge in [0, 0.05) is 65.5 Å². The van der Waals surface area contributed by atoms with Crippen LogP contribution in [0.5, 0.6) is 0 Å². The van der Waals surface area contributed by atoms with Gasteiger partial charge in [-0.3, -0.25) is 9.36 Å². The zero-order valence-electron chi connectivity index (χ0n) is 22.8. The highest BCUT2D eigenvalue weighted by Gasteiger charge is 2.40. The zero-order chi connectivity index (χ0) is 30.7. The van der Waals surface area contributed by atoms with Crippen molar-refractivity contribution < 1.29 is 35.9 Å². The van der Waals surface area contributed by atoms with Crippen molar-refractivity contribution in [3.63, 3.8) is 0 Å². The molecule has 3 atom stereocenters. The lowest BCUT2D eigenvalue weighted by molar-refractivity contribution is -0.137. The van der Waals surface area contributed by atoms with Crippen molar-refractivity contribution in [2.75, 3.05) is 30.9 Å². The number of carbonyl (C=O) groups is 1. The van der Waals surface area contributed by atoms with E-state index in [2.05, 4.69) is 11.6 Å². The summed E-state index contributed by atoms with van der Waals surface area (Å²) in [6.07, 6.45) is -5.56. The first kappa shape index (κ1) is 30.0. The highest BCUT2D eigenvalue weighted by molar-refractivity contribution is 7.99. The summed E-state index contributed by atoms with van der Waals surface area (Å²) in [6.45, 7) is 6.40. The van der Waals surface area contributed by atoms with E-state index in [1.165, 1.54) is 16.6 Å². The number of amides is 1. The molecule has 0 spiro atoms. The van der Waals surface area contributed by atoms with Crippen molar-refractivity contribution in [2.45, 2.75) is 49.7 Å². The molecule has 2 aliphatic heterocycles. The van der Waals surface area contributed by atoms with Gasteiger partial charge < -0.3 is 14.5 Å². The normalized spacial score (nSPS) is 21.0. The molecule has 1 aromatic heterocycles. The Labute approximate surface area is 240 Å². The summed E-state index contributed by atoms with van der Waals surface area (Å²) in [4.78, 5) is 32.9. The fraction of sp³-hybridized carbons (Fsp3) is 0.393. The van der Waals surface area contributed by atoms with Crippen LogP contribution in [-0.2, 0) is 22.3 Å². The van der Waals surface area contributed by atoms with Crippen molar-refractivity contribution in [3.8, 4) is 11.1 Å². The van der Waals surface area contributed by atoms with Crippen molar-refractivity contribution in [1.29, 1.82) is 0 Å². The molecule has 1 saturated heterocycles. The Morgan fingerprint density at radius 3 is 2.36 bits per heavy atom. The zero-order valence-corrected chi connectivity index (χ0v) is 23.6. The average Bonchev–Trinajstić information content (AvgIpc) is 3.10. The van der Waals surface area contributed by atoms with Crippen LogP contribution in [-0.4, -0.2) is 64.5 Å². The average molecular weight is 613 g/mol. The lowest BCUT2D eigenvalue weighted by Crippen LogP contribution is -2.59. The fourth-order valence-electron chi connectivity index (χ4n) is 5.74. The van der Waals surface area contributed by atoms with Gasteiger partial charge in [0.2, 0.25) is 0 Å². The van der Waals surface area contributed by atoms with E-state index in [0.29, 0.717) is 6.07 Å². The summed E-state index contributed by atoms with van der Waals surface area (Å²) >= 11 is 0.976. The van der Waals surface area contributed by atoms with E-state index in [4.69, 9.17) is 4.74 Å². The minimum Gasteiger partial charge on any atom is -0.379 e.